The van der Waals surface area contributed by atoms with Crippen LogP contribution in [0.3, 0.4) is 0 Å². The quantitative estimate of drug-likeness (QED) is 0.495. The molecule has 0 fully saturated rings. The van der Waals surface area contributed by atoms with Crippen molar-refractivity contribution in [3.8, 4) is 18.1 Å². The number of carbonyl (C=O) groups excluding carboxylic acids is 1. The van der Waals surface area contributed by atoms with Crippen molar-refractivity contribution in [3.05, 3.63) is 29.8 Å². The number of aldehydes is 1. The molecule has 12 heavy (non-hydrogen) atoms. The number of benzene rings is 1. The van der Waals surface area contributed by atoms with Crippen molar-refractivity contribution in [2.75, 3.05) is 6.61 Å². The molecule has 2 heteroatoms. The summed E-state index contributed by atoms with van der Waals surface area (Å²) in [5.41, 5.74) is 0.588. The molecule has 1 aromatic carbocycles. The van der Waals surface area contributed by atoms with Crippen molar-refractivity contribution >= 4 is 6.29 Å². The van der Waals surface area contributed by atoms with Crippen LogP contribution in [-0.2, 0) is 0 Å². The van der Waals surface area contributed by atoms with Gasteiger partial charge in [-0.05, 0) is 12.1 Å². The standard InChI is InChI=1S/C10H8O2/c1-2-6-12-10-5-3-4-9(7-10)8-11/h1,3-5,7-8H,6H2. The maximum atomic E-state index is 10.3. The topological polar surface area (TPSA) is 26.3 Å². The number of terminal acetylenes is 1. The molecule has 1 rings (SSSR count). The van der Waals surface area contributed by atoms with Crippen molar-refractivity contribution in [2.24, 2.45) is 0 Å². The van der Waals surface area contributed by atoms with Gasteiger partial charge in [0.25, 0.3) is 0 Å². The highest BCUT2D eigenvalue weighted by Crippen LogP contribution is 2.11. The number of hydrogen-bond donors (Lipinski definition) is 0. The molecule has 0 N–H and O–H groups in total. The number of ether oxygens (including phenoxy) is 1. The predicted octanol–water partition coefficient (Wildman–Crippen LogP) is 1.51. The Morgan fingerprint density at radius 2 is 2.42 bits per heavy atom. The Kier molecular flexibility index (Phi) is 2.92. The lowest BCUT2D eigenvalue weighted by Crippen LogP contribution is -1.93. The van der Waals surface area contributed by atoms with Gasteiger partial charge < -0.3 is 4.74 Å². The minimum atomic E-state index is 0.225. The first-order valence-corrected chi connectivity index (χ1v) is 3.48. The molecule has 0 radical (unpaired) electrons. The zero-order valence-electron chi connectivity index (χ0n) is 6.49. The van der Waals surface area contributed by atoms with Gasteiger partial charge in [0.05, 0.1) is 0 Å². The van der Waals surface area contributed by atoms with Crippen molar-refractivity contribution in [2.45, 2.75) is 0 Å². The molecule has 0 atom stereocenters. The minimum Gasteiger partial charge on any atom is -0.481 e. The van der Waals surface area contributed by atoms with Gasteiger partial charge in [0, 0.05) is 5.56 Å². The van der Waals surface area contributed by atoms with E-state index < -0.39 is 0 Å². The van der Waals surface area contributed by atoms with Crippen LogP contribution in [0.1, 0.15) is 10.4 Å². The van der Waals surface area contributed by atoms with Crippen LogP contribution in [0.5, 0.6) is 5.75 Å². The lowest BCUT2D eigenvalue weighted by atomic mass is 10.2. The van der Waals surface area contributed by atoms with Crippen LogP contribution in [0.15, 0.2) is 24.3 Å². The first-order valence-electron chi connectivity index (χ1n) is 3.48. The number of rotatable bonds is 3. The largest absolute Gasteiger partial charge is 0.481 e. The molecule has 0 bridgehead atoms. The molecule has 0 heterocycles. The van der Waals surface area contributed by atoms with Crippen molar-refractivity contribution in [3.63, 3.8) is 0 Å². The zero-order valence-corrected chi connectivity index (χ0v) is 6.49. The molecule has 2 nitrogen and oxygen atoms in total. The van der Waals surface area contributed by atoms with E-state index in [1.165, 1.54) is 0 Å². The third-order valence-corrected chi connectivity index (χ3v) is 1.32. The zero-order chi connectivity index (χ0) is 8.81. The molecular weight excluding hydrogens is 152 g/mol. The fraction of sp³-hybridized carbons (Fsp3) is 0.100. The Balaban J connectivity index is 2.74. The molecule has 0 amide bonds. The molecule has 0 saturated heterocycles. The maximum Gasteiger partial charge on any atom is 0.150 e. The summed E-state index contributed by atoms with van der Waals surface area (Å²) < 4.78 is 5.10. The lowest BCUT2D eigenvalue weighted by Gasteiger charge is -2.00. The fourth-order valence-corrected chi connectivity index (χ4v) is 0.803. The van der Waals surface area contributed by atoms with E-state index >= 15 is 0 Å². The second-order valence-electron chi connectivity index (χ2n) is 2.18. The van der Waals surface area contributed by atoms with E-state index in [1.54, 1.807) is 24.3 Å². The molecule has 1 aromatic rings. The summed E-state index contributed by atoms with van der Waals surface area (Å²) in [5.74, 6) is 2.97. The van der Waals surface area contributed by atoms with Gasteiger partial charge in [-0.15, -0.1) is 6.42 Å². The van der Waals surface area contributed by atoms with Gasteiger partial charge in [-0.1, -0.05) is 18.1 Å². The molecule has 60 valence electrons. The Bertz CT molecular complexity index is 310. The highest BCUT2D eigenvalue weighted by molar-refractivity contribution is 5.75. The van der Waals surface area contributed by atoms with E-state index in [9.17, 15) is 4.79 Å². The predicted molar refractivity (Wildman–Crippen MR) is 46.2 cm³/mol. The SMILES string of the molecule is C#CCOc1cccc(C=O)c1. The number of carbonyl (C=O) groups is 1. The average Bonchev–Trinajstić information content (AvgIpc) is 2.15. The van der Waals surface area contributed by atoms with Gasteiger partial charge in [0.15, 0.2) is 0 Å². The Morgan fingerprint density at radius 3 is 3.08 bits per heavy atom. The highest BCUT2D eigenvalue weighted by atomic mass is 16.5. The third kappa shape index (κ3) is 2.14. The normalized spacial score (nSPS) is 8.58. The van der Waals surface area contributed by atoms with Gasteiger partial charge in [-0.2, -0.15) is 0 Å². The summed E-state index contributed by atoms with van der Waals surface area (Å²) in [6.45, 7) is 0.225. The summed E-state index contributed by atoms with van der Waals surface area (Å²) in [4.78, 5) is 10.3. The van der Waals surface area contributed by atoms with Crippen LogP contribution in [-0.4, -0.2) is 12.9 Å². The van der Waals surface area contributed by atoms with Gasteiger partial charge in [-0.25, -0.2) is 0 Å². The van der Waals surface area contributed by atoms with Gasteiger partial charge in [0.1, 0.15) is 18.6 Å². The van der Waals surface area contributed by atoms with Crippen LogP contribution in [0.2, 0.25) is 0 Å². The summed E-state index contributed by atoms with van der Waals surface area (Å²) in [6.07, 6.45) is 5.77. The highest BCUT2D eigenvalue weighted by Gasteiger charge is 1.93. The average molecular weight is 160 g/mol. The van der Waals surface area contributed by atoms with Crippen molar-refractivity contribution in [1.29, 1.82) is 0 Å². The van der Waals surface area contributed by atoms with E-state index in [0.29, 0.717) is 11.3 Å². The Morgan fingerprint density at radius 1 is 1.58 bits per heavy atom. The number of hydrogen-bond acceptors (Lipinski definition) is 2. The molecule has 0 saturated carbocycles. The van der Waals surface area contributed by atoms with E-state index in [0.717, 1.165) is 6.29 Å². The first kappa shape index (κ1) is 8.35. The van der Waals surface area contributed by atoms with Crippen LogP contribution in [0.25, 0.3) is 0 Å². The summed E-state index contributed by atoms with van der Waals surface area (Å²) >= 11 is 0. The fourth-order valence-electron chi connectivity index (χ4n) is 0.803. The van der Waals surface area contributed by atoms with E-state index in [2.05, 4.69) is 5.92 Å². The summed E-state index contributed by atoms with van der Waals surface area (Å²) in [5, 5.41) is 0. The maximum absolute atomic E-state index is 10.3. The molecular formula is C10H8O2. The molecule has 0 aromatic heterocycles. The van der Waals surface area contributed by atoms with Gasteiger partial charge in [-0.3, -0.25) is 4.79 Å². The molecule has 0 unspecified atom stereocenters. The van der Waals surface area contributed by atoms with Crippen molar-refractivity contribution < 1.29 is 9.53 Å². The monoisotopic (exact) mass is 160 g/mol. The summed E-state index contributed by atoms with van der Waals surface area (Å²) in [7, 11) is 0. The molecule has 0 aliphatic carbocycles. The second kappa shape index (κ2) is 4.20. The van der Waals surface area contributed by atoms with Gasteiger partial charge >= 0.3 is 0 Å². The van der Waals surface area contributed by atoms with Gasteiger partial charge in [0.2, 0.25) is 0 Å². The minimum absolute atomic E-state index is 0.225. The van der Waals surface area contributed by atoms with E-state index in [4.69, 9.17) is 11.2 Å². The Labute approximate surface area is 71.2 Å². The molecule has 0 aliphatic rings. The van der Waals surface area contributed by atoms with Crippen LogP contribution in [0, 0.1) is 12.3 Å². The first-order chi connectivity index (χ1) is 5.86. The molecule has 0 spiro atoms. The smallest absolute Gasteiger partial charge is 0.150 e. The lowest BCUT2D eigenvalue weighted by molar-refractivity contribution is 0.112. The van der Waals surface area contributed by atoms with E-state index in [1.807, 2.05) is 0 Å². The van der Waals surface area contributed by atoms with Crippen LogP contribution >= 0.6 is 0 Å². The molecule has 0 aliphatic heterocycles. The van der Waals surface area contributed by atoms with Crippen LogP contribution in [0.4, 0.5) is 0 Å². The van der Waals surface area contributed by atoms with E-state index in [-0.39, 0.29) is 6.61 Å². The Hall–Kier alpha value is -1.75. The third-order valence-electron chi connectivity index (χ3n) is 1.32. The van der Waals surface area contributed by atoms with Crippen molar-refractivity contribution in [1.82, 2.24) is 0 Å². The second-order valence-corrected chi connectivity index (χ2v) is 2.18. The summed E-state index contributed by atoms with van der Waals surface area (Å²) in [6, 6.07) is 6.85. The van der Waals surface area contributed by atoms with Crippen LogP contribution < -0.4 is 4.74 Å².